The molecule has 2 aromatic carbocycles. The number of rotatable bonds is 2. The van der Waals surface area contributed by atoms with Crippen molar-refractivity contribution in [3.05, 3.63) is 53.9 Å². The van der Waals surface area contributed by atoms with Crippen molar-refractivity contribution >= 4 is 22.7 Å². The van der Waals surface area contributed by atoms with Gasteiger partial charge >= 0.3 is 0 Å². The molecule has 5 heteroatoms. The van der Waals surface area contributed by atoms with E-state index in [0.29, 0.717) is 18.9 Å². The van der Waals surface area contributed by atoms with Crippen molar-refractivity contribution in [2.45, 2.75) is 13.3 Å². The lowest BCUT2D eigenvalue weighted by atomic mass is 9.96. The molecule has 3 aromatic rings. The van der Waals surface area contributed by atoms with Crippen LogP contribution in [0, 0.1) is 12.8 Å². The van der Waals surface area contributed by atoms with E-state index in [0.717, 1.165) is 28.1 Å². The predicted molar refractivity (Wildman–Crippen MR) is 86.5 cm³/mol. The Kier molecular flexibility index (Phi) is 3.26. The van der Waals surface area contributed by atoms with Crippen LogP contribution < -0.4 is 10.1 Å². The van der Waals surface area contributed by atoms with Gasteiger partial charge in [0.1, 0.15) is 17.9 Å². The molecule has 1 N–H and O–H groups in total. The van der Waals surface area contributed by atoms with Crippen molar-refractivity contribution < 1.29 is 13.9 Å². The second-order valence-corrected chi connectivity index (χ2v) is 5.72. The van der Waals surface area contributed by atoms with E-state index < -0.39 is 0 Å². The van der Waals surface area contributed by atoms with Crippen molar-refractivity contribution in [2.75, 3.05) is 11.9 Å². The standard InChI is InChI=1S/C18H16N2O3/c1-11-19-15-9-14(6-7-17(15)23-11)20-18(21)13-8-12-4-2-3-5-16(12)22-10-13/h2-7,9,13H,8,10H2,1H3,(H,20,21)/t13-/m0/s1. The lowest BCUT2D eigenvalue weighted by Gasteiger charge is -2.24. The number of aryl methyl sites for hydroxylation is 1. The molecular weight excluding hydrogens is 292 g/mol. The van der Waals surface area contributed by atoms with Crippen LogP contribution in [0.15, 0.2) is 46.9 Å². The summed E-state index contributed by atoms with van der Waals surface area (Å²) in [6.07, 6.45) is 0.688. The van der Waals surface area contributed by atoms with Gasteiger partial charge in [0.15, 0.2) is 11.5 Å². The van der Waals surface area contributed by atoms with Gasteiger partial charge in [0.2, 0.25) is 5.91 Å². The fourth-order valence-corrected chi connectivity index (χ4v) is 2.86. The van der Waals surface area contributed by atoms with Crippen molar-refractivity contribution in [1.29, 1.82) is 0 Å². The molecule has 1 aliphatic heterocycles. The number of nitrogens with zero attached hydrogens (tertiary/aromatic N) is 1. The van der Waals surface area contributed by atoms with Crippen LogP contribution in [0.2, 0.25) is 0 Å². The molecule has 0 saturated heterocycles. The van der Waals surface area contributed by atoms with Crippen molar-refractivity contribution in [3.8, 4) is 5.75 Å². The maximum atomic E-state index is 12.5. The van der Waals surface area contributed by atoms with E-state index in [4.69, 9.17) is 9.15 Å². The molecule has 1 atom stereocenters. The molecule has 116 valence electrons. The largest absolute Gasteiger partial charge is 0.492 e. The normalized spacial score (nSPS) is 16.7. The van der Waals surface area contributed by atoms with Gasteiger partial charge in [0, 0.05) is 12.6 Å². The van der Waals surface area contributed by atoms with Crippen LogP contribution >= 0.6 is 0 Å². The molecule has 0 fully saturated rings. The van der Waals surface area contributed by atoms with Gasteiger partial charge < -0.3 is 14.5 Å². The number of aromatic nitrogens is 1. The van der Waals surface area contributed by atoms with Gasteiger partial charge in [0.05, 0.1) is 5.92 Å². The fraction of sp³-hybridized carbons (Fsp3) is 0.222. The third-order valence-corrected chi connectivity index (χ3v) is 4.01. The Bertz CT molecular complexity index is 885. The maximum absolute atomic E-state index is 12.5. The van der Waals surface area contributed by atoms with Crippen LogP contribution in [0.5, 0.6) is 5.75 Å². The smallest absolute Gasteiger partial charge is 0.231 e. The van der Waals surface area contributed by atoms with E-state index in [1.54, 1.807) is 6.92 Å². The van der Waals surface area contributed by atoms with Gasteiger partial charge in [-0.15, -0.1) is 0 Å². The Balaban J connectivity index is 1.51. The van der Waals surface area contributed by atoms with E-state index in [-0.39, 0.29) is 11.8 Å². The highest BCUT2D eigenvalue weighted by atomic mass is 16.5. The van der Waals surface area contributed by atoms with Crippen molar-refractivity contribution in [2.24, 2.45) is 5.92 Å². The van der Waals surface area contributed by atoms with Crippen LogP contribution in [0.3, 0.4) is 0 Å². The molecule has 0 aliphatic carbocycles. The van der Waals surface area contributed by atoms with E-state index in [1.165, 1.54) is 0 Å². The highest BCUT2D eigenvalue weighted by molar-refractivity contribution is 5.94. The third kappa shape index (κ3) is 2.65. The van der Waals surface area contributed by atoms with Crippen LogP contribution in [0.25, 0.3) is 11.1 Å². The van der Waals surface area contributed by atoms with Gasteiger partial charge in [-0.2, -0.15) is 0 Å². The number of ether oxygens (including phenoxy) is 1. The van der Waals surface area contributed by atoms with E-state index in [9.17, 15) is 4.79 Å². The molecule has 23 heavy (non-hydrogen) atoms. The number of carbonyl (C=O) groups is 1. The zero-order valence-electron chi connectivity index (χ0n) is 12.7. The molecule has 5 nitrogen and oxygen atoms in total. The van der Waals surface area contributed by atoms with E-state index in [1.807, 2.05) is 42.5 Å². The number of oxazole rings is 1. The number of carbonyl (C=O) groups excluding carboxylic acids is 1. The summed E-state index contributed by atoms with van der Waals surface area (Å²) < 4.78 is 11.1. The van der Waals surface area contributed by atoms with Gasteiger partial charge in [-0.3, -0.25) is 4.79 Å². The topological polar surface area (TPSA) is 64.4 Å². The number of hydrogen-bond donors (Lipinski definition) is 1. The van der Waals surface area contributed by atoms with Crippen LogP contribution in [-0.2, 0) is 11.2 Å². The second kappa shape index (κ2) is 5.43. The number of benzene rings is 2. The molecule has 1 aromatic heterocycles. The average Bonchev–Trinajstić information content (AvgIpc) is 2.93. The first-order valence-corrected chi connectivity index (χ1v) is 7.58. The number of anilines is 1. The Morgan fingerprint density at radius 3 is 3.04 bits per heavy atom. The number of para-hydroxylation sites is 1. The SMILES string of the molecule is Cc1nc2cc(NC(=O)[C@@H]3COc4ccccc4C3)ccc2o1. The van der Waals surface area contributed by atoms with Gasteiger partial charge in [-0.05, 0) is 36.2 Å². The molecule has 0 bridgehead atoms. The molecule has 4 rings (SSSR count). The van der Waals surface area contributed by atoms with Crippen LogP contribution in [-0.4, -0.2) is 17.5 Å². The maximum Gasteiger partial charge on any atom is 0.231 e. The zero-order valence-corrected chi connectivity index (χ0v) is 12.7. The second-order valence-electron chi connectivity index (χ2n) is 5.72. The molecule has 0 saturated carbocycles. The van der Waals surface area contributed by atoms with Gasteiger partial charge in [-0.25, -0.2) is 4.98 Å². The lowest BCUT2D eigenvalue weighted by Crippen LogP contribution is -2.32. The molecule has 1 aliphatic rings. The molecule has 2 heterocycles. The minimum absolute atomic E-state index is 0.0425. The monoisotopic (exact) mass is 308 g/mol. The first kappa shape index (κ1) is 13.8. The summed E-state index contributed by atoms with van der Waals surface area (Å²) in [4.78, 5) is 16.8. The summed E-state index contributed by atoms with van der Waals surface area (Å²) >= 11 is 0. The summed E-state index contributed by atoms with van der Waals surface area (Å²) in [6.45, 7) is 2.20. The summed E-state index contributed by atoms with van der Waals surface area (Å²) in [5.74, 6) is 1.25. The molecular formula is C18H16N2O3. The number of amides is 1. The Hall–Kier alpha value is -2.82. The Labute approximate surface area is 133 Å². The highest BCUT2D eigenvalue weighted by Gasteiger charge is 2.25. The van der Waals surface area contributed by atoms with Gasteiger partial charge in [-0.1, -0.05) is 18.2 Å². The summed E-state index contributed by atoms with van der Waals surface area (Å²) in [5.41, 5.74) is 3.25. The highest BCUT2D eigenvalue weighted by Crippen LogP contribution is 2.28. The third-order valence-electron chi connectivity index (χ3n) is 4.01. The quantitative estimate of drug-likeness (QED) is 0.788. The zero-order chi connectivity index (χ0) is 15.8. The number of fused-ring (bicyclic) bond motifs is 2. The predicted octanol–water partition coefficient (Wildman–Crippen LogP) is 3.33. The molecule has 0 radical (unpaired) electrons. The molecule has 1 amide bonds. The van der Waals surface area contributed by atoms with Crippen LogP contribution in [0.1, 0.15) is 11.5 Å². The van der Waals surface area contributed by atoms with E-state index >= 15 is 0 Å². The van der Waals surface area contributed by atoms with E-state index in [2.05, 4.69) is 10.3 Å². The summed E-state index contributed by atoms with van der Waals surface area (Å²) in [5, 5.41) is 2.94. The Morgan fingerprint density at radius 2 is 2.13 bits per heavy atom. The van der Waals surface area contributed by atoms with Crippen LogP contribution in [0.4, 0.5) is 5.69 Å². The van der Waals surface area contributed by atoms with Crippen molar-refractivity contribution in [1.82, 2.24) is 4.98 Å². The minimum Gasteiger partial charge on any atom is -0.492 e. The lowest BCUT2D eigenvalue weighted by molar-refractivity contribution is -0.121. The summed E-state index contributed by atoms with van der Waals surface area (Å²) in [6, 6.07) is 13.3. The minimum atomic E-state index is -0.195. The molecule has 0 unspecified atom stereocenters. The number of nitrogens with one attached hydrogen (secondary N) is 1. The van der Waals surface area contributed by atoms with Crippen molar-refractivity contribution in [3.63, 3.8) is 0 Å². The summed E-state index contributed by atoms with van der Waals surface area (Å²) in [7, 11) is 0. The fourth-order valence-electron chi connectivity index (χ4n) is 2.86. The van der Waals surface area contributed by atoms with Gasteiger partial charge in [0.25, 0.3) is 0 Å². The number of hydrogen-bond acceptors (Lipinski definition) is 4. The first-order valence-electron chi connectivity index (χ1n) is 7.58. The average molecular weight is 308 g/mol. The first-order chi connectivity index (χ1) is 11.2. The Morgan fingerprint density at radius 1 is 1.26 bits per heavy atom. The molecule has 0 spiro atoms.